The minimum Gasteiger partial charge on any atom is -0.393 e. The normalized spacial score (nSPS) is 25.2. The molecule has 5 N–H and O–H groups in total. The van der Waals surface area contributed by atoms with Crippen molar-refractivity contribution in [2.24, 2.45) is 43.4 Å². The quantitative estimate of drug-likeness (QED) is 0.0133. The molecule has 0 bridgehead atoms. The van der Waals surface area contributed by atoms with E-state index in [9.17, 15) is 71.7 Å². The second-order valence-corrected chi connectivity index (χ2v) is 34.0. The second kappa shape index (κ2) is 39.6. The molecule has 580 valence electrons. The molecule has 13 atom stereocenters. The zero-order valence-electron chi connectivity index (χ0n) is 58.6. The maximum Gasteiger partial charge on any atom is 0.474 e. The summed E-state index contributed by atoms with van der Waals surface area (Å²) in [7, 11) is -8.88. The van der Waals surface area contributed by atoms with Crippen molar-refractivity contribution in [1.29, 1.82) is 0 Å². The van der Waals surface area contributed by atoms with Crippen LogP contribution in [0, 0.1) is 28.1 Å². The predicted octanol–water partition coefficient (Wildman–Crippen LogP) is 7.50. The first-order chi connectivity index (χ1) is 48.4. The Hall–Kier alpha value is -6.14. The highest BCUT2D eigenvalue weighted by molar-refractivity contribution is 8.14. The zero-order valence-corrected chi connectivity index (χ0v) is 63.6. The smallest absolute Gasteiger partial charge is 0.393 e. The molecule has 0 spiro atoms. The van der Waals surface area contributed by atoms with Crippen molar-refractivity contribution >= 4 is 83.2 Å². The lowest BCUT2D eigenvalue weighted by atomic mass is 9.88. The maximum atomic E-state index is 15.5. The number of ether oxygens (including phenoxy) is 3. The van der Waals surface area contributed by atoms with E-state index in [1.165, 1.54) is 20.8 Å². The number of nitrogens with one attached hydrogen (secondary N) is 3. The number of H-pyrrole nitrogens is 3. The van der Waals surface area contributed by atoms with Crippen LogP contribution in [0.4, 0.5) is 13.2 Å². The number of hydrogen-bond donors (Lipinski definition) is 5. The van der Waals surface area contributed by atoms with Gasteiger partial charge < -0.3 is 24.4 Å². The van der Waals surface area contributed by atoms with Gasteiger partial charge in [0.25, 0.3) is 16.7 Å². The molecule has 38 nitrogen and oxygen atoms in total. The van der Waals surface area contributed by atoms with Gasteiger partial charge in [-0.3, -0.25) is 89.4 Å². The van der Waals surface area contributed by atoms with Crippen LogP contribution in [-0.4, -0.2) is 190 Å². The molecule has 3 aliphatic heterocycles. The lowest BCUT2D eigenvalue weighted by Gasteiger charge is -2.32. The number of phosphoric acid groups is 2. The van der Waals surface area contributed by atoms with Crippen molar-refractivity contribution in [3.05, 3.63) is 131 Å². The van der Waals surface area contributed by atoms with Crippen LogP contribution >= 0.6 is 62.7 Å². The van der Waals surface area contributed by atoms with E-state index in [-0.39, 0.29) is 76.4 Å². The van der Waals surface area contributed by atoms with Gasteiger partial charge in [-0.15, -0.1) is 0 Å². The highest BCUT2D eigenvalue weighted by Crippen LogP contribution is 2.54. The second-order valence-electron chi connectivity index (χ2n) is 26.2. The van der Waals surface area contributed by atoms with Gasteiger partial charge in [0, 0.05) is 110 Å². The third kappa shape index (κ3) is 25.5. The number of phosphoric ester groups is 2. The number of carbonyl (C=O) groups is 4. The summed E-state index contributed by atoms with van der Waals surface area (Å²) in [6.07, 6.45) is -9.25. The minimum absolute atomic E-state index is 0.0802. The largest absolute Gasteiger partial charge is 0.474 e. The van der Waals surface area contributed by atoms with Crippen LogP contribution in [-0.2, 0) is 69.7 Å². The number of hydrogen-bond acceptors (Lipinski definition) is 30. The van der Waals surface area contributed by atoms with Crippen LogP contribution in [0.5, 0.6) is 0 Å². The van der Waals surface area contributed by atoms with Crippen LogP contribution in [0.1, 0.15) is 102 Å². The van der Waals surface area contributed by atoms with Crippen molar-refractivity contribution in [3.8, 4) is 0 Å². The number of aromatic nitrogens is 6. The summed E-state index contributed by atoms with van der Waals surface area (Å²) in [6.45, 7) is 15.5. The Kier molecular flexibility index (Phi) is 34.4. The van der Waals surface area contributed by atoms with Crippen LogP contribution in [0.3, 0.4) is 0 Å². The summed E-state index contributed by atoms with van der Waals surface area (Å²) in [5.74, 6) is -1.42. The molecule has 3 aromatic rings. The highest BCUT2D eigenvalue weighted by atomic mass is 32.2. The van der Waals surface area contributed by atoms with Gasteiger partial charge >= 0.3 is 32.7 Å². The number of alkyl halides is 3. The molecule has 3 aliphatic rings. The first-order valence-corrected chi connectivity index (χ1v) is 38.2. The van der Waals surface area contributed by atoms with Gasteiger partial charge in [-0.2, -0.15) is 0 Å². The number of thioether (sulfide) groups is 4. The predicted molar refractivity (Wildman–Crippen MR) is 375 cm³/mol. The molecule has 1 unspecified atom stereocenters. The van der Waals surface area contributed by atoms with E-state index in [0.717, 1.165) is 93.0 Å². The third-order valence-electron chi connectivity index (χ3n) is 15.3. The van der Waals surface area contributed by atoms with Crippen molar-refractivity contribution in [1.82, 2.24) is 28.7 Å². The Morgan fingerprint density at radius 2 is 0.817 bits per heavy atom. The summed E-state index contributed by atoms with van der Waals surface area (Å²) in [6, 6.07) is 3.02. The molecule has 3 aromatic heterocycles. The first kappa shape index (κ1) is 90.3. The van der Waals surface area contributed by atoms with E-state index >= 15 is 8.78 Å². The summed E-state index contributed by atoms with van der Waals surface area (Å²) in [5, 5.41) is 29.9. The first-order valence-electron chi connectivity index (χ1n) is 31.4. The summed E-state index contributed by atoms with van der Waals surface area (Å²) < 4.78 is 124. The third-order valence-corrected chi connectivity index (χ3v) is 22.7. The molecule has 3 saturated heterocycles. The van der Waals surface area contributed by atoms with Gasteiger partial charge in [0.2, 0.25) is 0 Å². The van der Waals surface area contributed by atoms with Crippen LogP contribution in [0.2, 0.25) is 0 Å². The van der Waals surface area contributed by atoms with E-state index in [1.807, 2.05) is 15.0 Å². The molecule has 0 radical (unpaired) electrons. The Morgan fingerprint density at radius 1 is 0.529 bits per heavy atom. The Morgan fingerprint density at radius 3 is 1.13 bits per heavy atom. The Bertz CT molecular complexity index is 4060. The molecule has 3 fully saturated rings. The fourth-order valence-corrected chi connectivity index (χ4v) is 15.0. The molecule has 6 rings (SSSR count). The number of halogens is 3. The fourth-order valence-electron chi connectivity index (χ4n) is 9.22. The summed E-state index contributed by atoms with van der Waals surface area (Å²) in [4.78, 5) is 132. The van der Waals surface area contributed by atoms with Crippen LogP contribution < -0.4 is 33.7 Å². The number of azide groups is 3. The van der Waals surface area contributed by atoms with Gasteiger partial charge in [0.05, 0.1) is 65.9 Å². The molecule has 6 heterocycles. The topological polar surface area (TPSA) is 537 Å². The lowest BCUT2D eigenvalue weighted by molar-refractivity contribution is -0.122. The van der Waals surface area contributed by atoms with E-state index in [1.54, 1.807) is 62.3 Å². The molecular weight excluding hydrogens is 1510 g/mol. The molecule has 104 heavy (non-hydrogen) atoms. The molecule has 47 heteroatoms. The lowest BCUT2D eigenvalue weighted by Crippen LogP contribution is -2.48. The van der Waals surface area contributed by atoms with Crippen LogP contribution in [0.25, 0.3) is 31.3 Å². The average Bonchev–Trinajstić information content (AvgIpc) is 1.65. The number of aromatic amines is 3. The molecule has 0 aliphatic carbocycles. The van der Waals surface area contributed by atoms with Crippen molar-refractivity contribution in [3.63, 3.8) is 0 Å². The van der Waals surface area contributed by atoms with Gasteiger partial charge in [-0.1, -0.05) is 139 Å². The molecule has 0 aromatic carbocycles. The summed E-state index contributed by atoms with van der Waals surface area (Å²) >= 11 is 3.79. The number of nitrogens with zero attached hydrogens (tertiary/aromatic N) is 12. The van der Waals surface area contributed by atoms with Gasteiger partial charge in [0.15, 0.2) is 57.7 Å². The molecular formula is C57H84F3N15O23P2S4. The number of aliphatic hydroxyl groups excluding tert-OH is 2. The van der Waals surface area contributed by atoms with E-state index in [2.05, 4.69) is 30.1 Å². The minimum atomic E-state index is -4.52. The zero-order chi connectivity index (χ0) is 78.4. The number of aliphatic hydroxyl groups is 2. The standard InChI is InChI=1S/C24H37FN5O10PS2.C22H33FN5O9PS2.C11H14FN5O4/c1-22(2,3)19(33)42-11-9-37-41(36,38-10-12-43-20(34)23(4,5)6)39-14-24(13-27-29-26)17(32)16(25)18(40-24)30-8-7-15(31)28-21(30)35;1-14-17(23)18(28-7-6-16(30)26-20(28)32)37-22(14,12-25-27-24)13-36-38(33,34-8-10-39-15(2)29)35-9-11-40-19(31)21(3,4)5;1-6-8(12)9(17-3-2-7(19)15-10(17)20)21-11(6,5-18)4-14-16-13/h7-8,16-18,32H,9-14H2,1-6H3,(H,28,31,35);6-7,14,17-18H,8-13H2,1-5H3,(H,26,30,32);2-3,6,8-9,18H,4-5H2,1H3,(H,15,19,20)/t16-,17+,18-,24-;14-,17+,18+,22+,38?;6-,8+,9+,11+/m100/s1. The van der Waals surface area contributed by atoms with E-state index in [4.69, 9.17) is 57.9 Å². The van der Waals surface area contributed by atoms with E-state index < -0.39 is 170 Å². The molecule has 0 amide bonds. The van der Waals surface area contributed by atoms with E-state index in [0.29, 0.717) is 4.57 Å². The van der Waals surface area contributed by atoms with Crippen LogP contribution in [0.15, 0.2) is 80.9 Å². The van der Waals surface area contributed by atoms with Crippen molar-refractivity contribution in [2.45, 2.75) is 143 Å². The number of carbonyl (C=O) groups excluding carboxylic acids is 4. The monoisotopic (exact) mass is 1590 g/mol. The van der Waals surface area contributed by atoms with Crippen molar-refractivity contribution < 1.29 is 93.0 Å². The maximum absolute atomic E-state index is 15.5. The molecule has 0 saturated carbocycles. The number of rotatable bonds is 32. The highest BCUT2D eigenvalue weighted by Gasteiger charge is 2.58. The summed E-state index contributed by atoms with van der Waals surface area (Å²) in [5.41, 5.74) is 14.2. The fraction of sp³-hybridized carbons (Fsp3) is 0.719. The Labute approximate surface area is 608 Å². The van der Waals surface area contributed by atoms with Crippen molar-refractivity contribution in [2.75, 3.05) is 88.9 Å². The van der Waals surface area contributed by atoms with Gasteiger partial charge in [-0.05, 0) is 16.6 Å². The van der Waals surface area contributed by atoms with Gasteiger partial charge in [-0.25, -0.2) is 36.7 Å². The Balaban J connectivity index is 0.000000348. The SMILES string of the molecule is CC(=O)SCCOP(=O)(OCCSC(=O)C(C)(C)C)OC[C@@]1(CN=[N+]=[N-])O[C@@H](n2ccc(=O)[nH]c2=O)[C@H](F)[C@@H]1C.CC(C)(C)C(=O)SCCOP(=O)(OCCSC(=O)C(C)(C)C)OC[C@@]1(CN=[N+]=[N-])O[C@@H](n2ccc(=O)[nH]c2=O)[C@H](F)[C@@H]1O.C[C@H]1[C@@H](F)[C@H](n2ccc(=O)[nH]c2=O)O[C@@]1(CO)CN=[N+]=[N-]. The average molecular weight is 1590 g/mol. The van der Waals surface area contributed by atoms with Gasteiger partial charge in [0.1, 0.15) is 22.9 Å².